The molecule has 0 unspecified atom stereocenters. The summed E-state index contributed by atoms with van der Waals surface area (Å²) in [4.78, 5) is 14.9. The number of rotatable bonds is 10. The van der Waals surface area contributed by atoms with Gasteiger partial charge in [0.15, 0.2) is 6.29 Å². The largest absolute Gasteiger partial charge is 0.507 e. The number of aromatic hydroxyl groups is 1. The van der Waals surface area contributed by atoms with Crippen molar-refractivity contribution in [3.8, 4) is 5.75 Å². The molecule has 0 aliphatic heterocycles. The van der Waals surface area contributed by atoms with Crippen LogP contribution in [0.15, 0.2) is 36.4 Å². The number of carbonyl (C=O) groups is 1. The minimum atomic E-state index is -1.34. The molecule has 7 heteroatoms. The van der Waals surface area contributed by atoms with Crippen LogP contribution in [0.4, 0.5) is 10.5 Å². The van der Waals surface area contributed by atoms with Gasteiger partial charge in [-0.15, -0.1) is 0 Å². The summed E-state index contributed by atoms with van der Waals surface area (Å²) in [6, 6.07) is 12.7. The summed E-state index contributed by atoms with van der Waals surface area (Å²) in [5.41, 5.74) is 4.30. The number of fused-ring (bicyclic) bond motifs is 1. The summed E-state index contributed by atoms with van der Waals surface area (Å²) < 4.78 is 16.5. The van der Waals surface area contributed by atoms with E-state index in [1.165, 1.54) is 0 Å². The molecule has 1 amide bonds. The van der Waals surface area contributed by atoms with Crippen molar-refractivity contribution in [2.45, 2.75) is 57.8 Å². The van der Waals surface area contributed by atoms with Crippen LogP contribution in [-0.2, 0) is 40.0 Å². The van der Waals surface area contributed by atoms with Gasteiger partial charge in [0.25, 0.3) is 0 Å². The third kappa shape index (κ3) is 5.91. The summed E-state index contributed by atoms with van der Waals surface area (Å²) in [6.45, 7) is 7.51. The Morgan fingerprint density at radius 3 is 2.38 bits per heavy atom. The van der Waals surface area contributed by atoms with Gasteiger partial charge in [-0.25, -0.2) is 4.79 Å². The molecule has 3 rings (SSSR count). The molecule has 0 aromatic heterocycles. The topological polar surface area (TPSA) is 68.2 Å². The van der Waals surface area contributed by atoms with Gasteiger partial charge in [0.2, 0.25) is 0 Å². The Morgan fingerprint density at radius 2 is 1.81 bits per heavy atom. The normalized spacial score (nSPS) is 12.9. The fraction of sp³-hybridized carbons (Fsp3) is 0.480. The Labute approximate surface area is 192 Å². The standard InChI is InChI=1S/C25H35NO5Si/c1-29-23(30-2)16-21-22(15-19-11-12-20(19)24(21)27)26(17-18-9-7-6-8-10-18)25(28)31-13-14-32(3,4)5/h6-10,15,23,27H,11-14,16-17H2,1-5H3. The Bertz CT molecular complexity index is 922. The van der Waals surface area contributed by atoms with E-state index in [9.17, 15) is 9.90 Å². The second kappa shape index (κ2) is 10.5. The highest BCUT2D eigenvalue weighted by Crippen LogP contribution is 2.42. The number of aryl methyl sites for hydroxylation is 1. The van der Waals surface area contributed by atoms with E-state index in [1.807, 2.05) is 36.4 Å². The molecular weight excluding hydrogens is 422 g/mol. The number of ether oxygens (including phenoxy) is 3. The van der Waals surface area contributed by atoms with Crippen molar-refractivity contribution in [3.05, 3.63) is 58.7 Å². The lowest BCUT2D eigenvalue weighted by Gasteiger charge is -2.31. The zero-order valence-electron chi connectivity index (χ0n) is 19.8. The van der Waals surface area contributed by atoms with Crippen molar-refractivity contribution in [3.63, 3.8) is 0 Å². The molecule has 0 spiro atoms. The number of methoxy groups -OCH3 is 2. The van der Waals surface area contributed by atoms with E-state index in [1.54, 1.807) is 19.1 Å². The minimum absolute atomic E-state index is 0.232. The van der Waals surface area contributed by atoms with E-state index < -0.39 is 20.5 Å². The van der Waals surface area contributed by atoms with Gasteiger partial charge in [-0.3, -0.25) is 4.90 Å². The van der Waals surface area contributed by atoms with Gasteiger partial charge in [-0.05, 0) is 41.6 Å². The molecule has 2 aromatic rings. The van der Waals surface area contributed by atoms with E-state index in [4.69, 9.17) is 14.2 Å². The first-order valence-electron chi connectivity index (χ1n) is 11.1. The smallest absolute Gasteiger partial charge is 0.414 e. The number of phenolic OH excluding ortho intramolecular Hbond substituents is 1. The average molecular weight is 458 g/mol. The summed E-state index contributed by atoms with van der Waals surface area (Å²) in [7, 11) is 1.80. The quantitative estimate of drug-likeness (QED) is 0.395. The van der Waals surface area contributed by atoms with Crippen LogP contribution in [0.2, 0.25) is 25.7 Å². The lowest BCUT2D eigenvalue weighted by molar-refractivity contribution is -0.100. The van der Waals surface area contributed by atoms with E-state index in [0.29, 0.717) is 30.8 Å². The monoisotopic (exact) mass is 457 g/mol. The van der Waals surface area contributed by atoms with Crippen LogP contribution in [0, 0.1) is 0 Å². The molecule has 174 valence electrons. The molecular formula is C25H35NO5Si. The van der Waals surface area contributed by atoms with Crippen LogP contribution >= 0.6 is 0 Å². The second-order valence-corrected chi connectivity index (χ2v) is 15.1. The number of hydrogen-bond donors (Lipinski definition) is 1. The van der Waals surface area contributed by atoms with E-state index in [0.717, 1.165) is 35.6 Å². The molecule has 6 nitrogen and oxygen atoms in total. The molecule has 0 radical (unpaired) electrons. The zero-order valence-corrected chi connectivity index (χ0v) is 20.8. The molecule has 0 saturated carbocycles. The summed E-state index contributed by atoms with van der Waals surface area (Å²) in [6.07, 6.45) is 1.11. The number of anilines is 1. The number of carbonyl (C=O) groups excluding carboxylic acids is 1. The predicted octanol–water partition coefficient (Wildman–Crippen LogP) is 5.13. The number of hydrogen-bond acceptors (Lipinski definition) is 5. The summed E-state index contributed by atoms with van der Waals surface area (Å²) >= 11 is 0. The van der Waals surface area contributed by atoms with Crippen LogP contribution < -0.4 is 4.90 Å². The van der Waals surface area contributed by atoms with Crippen LogP contribution in [0.3, 0.4) is 0 Å². The van der Waals surface area contributed by atoms with Crippen LogP contribution in [0.25, 0.3) is 0 Å². The molecule has 1 aliphatic rings. The SMILES string of the molecule is COC(Cc1c(N(Cc2ccccc2)C(=O)OCC[Si](C)(C)C)cc2c(c1O)CC2)OC. The molecule has 1 N–H and O–H groups in total. The highest BCUT2D eigenvalue weighted by molar-refractivity contribution is 6.76. The van der Waals surface area contributed by atoms with Gasteiger partial charge < -0.3 is 19.3 Å². The van der Waals surface area contributed by atoms with Crippen molar-refractivity contribution in [2.75, 3.05) is 25.7 Å². The van der Waals surface area contributed by atoms with E-state index in [2.05, 4.69) is 19.6 Å². The third-order valence-electron chi connectivity index (χ3n) is 5.89. The van der Waals surface area contributed by atoms with Crippen molar-refractivity contribution < 1.29 is 24.1 Å². The van der Waals surface area contributed by atoms with Crippen LogP contribution in [-0.4, -0.2) is 46.4 Å². The number of nitrogens with zero attached hydrogens (tertiary/aromatic N) is 1. The van der Waals surface area contributed by atoms with Crippen LogP contribution in [0.5, 0.6) is 5.75 Å². The van der Waals surface area contributed by atoms with Crippen LogP contribution in [0.1, 0.15) is 22.3 Å². The average Bonchev–Trinajstić information content (AvgIpc) is 2.73. The Balaban J connectivity index is 1.98. The second-order valence-electron chi connectivity index (χ2n) is 9.46. The predicted molar refractivity (Wildman–Crippen MR) is 129 cm³/mol. The number of phenols is 1. The van der Waals surface area contributed by atoms with Gasteiger partial charge in [0.05, 0.1) is 18.8 Å². The van der Waals surface area contributed by atoms with Crippen molar-refractivity contribution in [1.29, 1.82) is 0 Å². The maximum Gasteiger partial charge on any atom is 0.414 e. The lowest BCUT2D eigenvalue weighted by atomic mass is 9.84. The maximum absolute atomic E-state index is 13.3. The molecule has 0 heterocycles. The van der Waals surface area contributed by atoms with E-state index >= 15 is 0 Å². The third-order valence-corrected chi connectivity index (χ3v) is 7.60. The fourth-order valence-corrected chi connectivity index (χ4v) is 4.50. The first kappa shape index (κ1) is 24.3. The first-order chi connectivity index (χ1) is 15.2. The Kier molecular flexibility index (Phi) is 7.98. The molecule has 32 heavy (non-hydrogen) atoms. The molecule has 0 atom stereocenters. The number of amides is 1. The first-order valence-corrected chi connectivity index (χ1v) is 14.8. The molecule has 0 bridgehead atoms. The fourth-order valence-electron chi connectivity index (χ4n) is 3.79. The maximum atomic E-state index is 13.3. The highest BCUT2D eigenvalue weighted by Gasteiger charge is 2.30. The van der Waals surface area contributed by atoms with Gasteiger partial charge in [-0.2, -0.15) is 0 Å². The highest BCUT2D eigenvalue weighted by atomic mass is 28.3. The van der Waals surface area contributed by atoms with Crippen molar-refractivity contribution in [1.82, 2.24) is 0 Å². The van der Waals surface area contributed by atoms with Gasteiger partial charge in [-0.1, -0.05) is 50.0 Å². The molecule has 0 fully saturated rings. The summed E-state index contributed by atoms with van der Waals surface area (Å²) in [5.74, 6) is 0.232. The zero-order chi connectivity index (χ0) is 23.3. The Morgan fingerprint density at radius 1 is 1.12 bits per heavy atom. The van der Waals surface area contributed by atoms with Gasteiger partial charge in [0, 0.05) is 34.3 Å². The van der Waals surface area contributed by atoms with Gasteiger partial charge >= 0.3 is 6.09 Å². The minimum Gasteiger partial charge on any atom is -0.507 e. The number of benzene rings is 2. The molecule has 2 aromatic carbocycles. The molecule has 1 aliphatic carbocycles. The van der Waals surface area contributed by atoms with Gasteiger partial charge in [0.1, 0.15) is 5.75 Å². The Hall–Kier alpha value is -2.35. The van der Waals surface area contributed by atoms with E-state index in [-0.39, 0.29) is 5.75 Å². The van der Waals surface area contributed by atoms with Crippen molar-refractivity contribution in [2.24, 2.45) is 0 Å². The lowest BCUT2D eigenvalue weighted by Crippen LogP contribution is -2.34. The molecule has 0 saturated heterocycles. The summed E-state index contributed by atoms with van der Waals surface area (Å²) in [5, 5.41) is 11.0. The van der Waals surface area contributed by atoms with Crippen molar-refractivity contribution >= 4 is 19.9 Å².